The molecule has 2 heterocycles. The number of hydrogen-bond donors (Lipinski definition) is 2. The number of hydrogen-bond acceptors (Lipinski definition) is 5. The van der Waals surface area contributed by atoms with Gasteiger partial charge in [0.15, 0.2) is 0 Å². The molecule has 0 spiro atoms. The number of anilines is 2. The molecule has 6 nitrogen and oxygen atoms in total. The molecule has 0 aliphatic heterocycles. The monoisotopic (exact) mass is 384 g/mol. The first-order valence-corrected chi connectivity index (χ1v) is 16.8. The van der Waals surface area contributed by atoms with E-state index in [9.17, 15) is 0 Å². The van der Waals surface area contributed by atoms with Gasteiger partial charge in [-0.2, -0.15) is 0 Å². The van der Waals surface area contributed by atoms with Gasteiger partial charge in [-0.3, -0.25) is 0 Å². The maximum atomic E-state index is 6.08. The van der Waals surface area contributed by atoms with Crippen LogP contribution in [0.4, 0.5) is 11.8 Å². The van der Waals surface area contributed by atoms with Crippen LogP contribution in [0.1, 0.15) is 20.8 Å². The van der Waals surface area contributed by atoms with Gasteiger partial charge in [0.1, 0.15) is 0 Å². The predicted molar refractivity (Wildman–Crippen MR) is 86.6 cm³/mol. The minimum atomic E-state index is -2.40. The summed E-state index contributed by atoms with van der Waals surface area (Å²) in [5.41, 5.74) is 12.7. The maximum absolute atomic E-state index is 6.08. The molecule has 2 aromatic rings. The Balaban J connectivity index is 2.77. The number of fused-ring (bicyclic) bond motifs is 1. The Kier molecular flexibility index (Phi) is 3.64. The normalized spacial score (nSPS) is 13.1. The van der Waals surface area contributed by atoms with Crippen LogP contribution in [0.15, 0.2) is 0 Å². The van der Waals surface area contributed by atoms with E-state index >= 15 is 0 Å². The molecule has 0 radical (unpaired) electrons. The van der Waals surface area contributed by atoms with Gasteiger partial charge in [0.2, 0.25) is 0 Å². The zero-order chi connectivity index (χ0) is 15.3. The van der Waals surface area contributed by atoms with E-state index in [1.54, 1.807) is 0 Å². The molecule has 7 heteroatoms. The Morgan fingerprint density at radius 3 is 2.20 bits per heavy atom. The quantitative estimate of drug-likeness (QED) is 0.768. The van der Waals surface area contributed by atoms with E-state index in [1.165, 1.54) is 0 Å². The summed E-state index contributed by atoms with van der Waals surface area (Å²) in [7, 11) is 0. The second-order valence-corrected chi connectivity index (χ2v) is 21.7. The van der Waals surface area contributed by atoms with Crippen LogP contribution in [0.5, 0.6) is 0 Å². The van der Waals surface area contributed by atoms with Crippen LogP contribution in [-0.4, -0.2) is 38.1 Å². The topological polar surface area (TPSA) is 95.6 Å². The number of rotatable bonds is 2. The van der Waals surface area contributed by atoms with E-state index in [2.05, 4.69) is 45.6 Å². The summed E-state index contributed by atoms with van der Waals surface area (Å²) in [6.07, 6.45) is 0. The van der Waals surface area contributed by atoms with Gasteiger partial charge in [-0.05, 0) is 0 Å². The summed E-state index contributed by atoms with van der Waals surface area (Å²) >= 11 is -2.40. The number of aromatic nitrogens is 4. The molecule has 0 aliphatic carbocycles. The van der Waals surface area contributed by atoms with Crippen LogP contribution >= 0.6 is 0 Å². The minimum absolute atomic E-state index is 0.109. The van der Waals surface area contributed by atoms with Crippen LogP contribution in [0, 0.1) is 5.41 Å². The Morgan fingerprint density at radius 1 is 1.10 bits per heavy atom. The van der Waals surface area contributed by atoms with Gasteiger partial charge in [0, 0.05) is 0 Å². The molecule has 0 aliphatic rings. The first-order chi connectivity index (χ1) is 8.99. The van der Waals surface area contributed by atoms with Crippen molar-refractivity contribution in [3.05, 3.63) is 0 Å². The van der Waals surface area contributed by atoms with E-state index in [-0.39, 0.29) is 11.4 Å². The van der Waals surface area contributed by atoms with E-state index in [0.29, 0.717) is 5.82 Å². The second kappa shape index (κ2) is 4.75. The molecule has 0 saturated heterocycles. The van der Waals surface area contributed by atoms with Crippen LogP contribution in [0.2, 0.25) is 14.8 Å². The molecule has 0 saturated carbocycles. The van der Waals surface area contributed by atoms with Gasteiger partial charge >= 0.3 is 124 Å². The molecule has 2 rings (SSSR count). The zero-order valence-corrected chi connectivity index (χ0v) is 16.0. The van der Waals surface area contributed by atoms with Gasteiger partial charge in [0.05, 0.1) is 0 Å². The average Bonchev–Trinajstić information content (AvgIpc) is 2.54. The van der Waals surface area contributed by atoms with E-state index in [0.717, 1.165) is 21.3 Å². The fraction of sp³-hybridized carbons (Fsp3) is 0.615. The van der Waals surface area contributed by atoms with Crippen LogP contribution in [0.25, 0.3) is 11.0 Å². The first-order valence-electron chi connectivity index (χ1n) is 6.79. The summed E-state index contributed by atoms with van der Waals surface area (Å²) in [4.78, 5) is 15.4. The van der Waals surface area contributed by atoms with Gasteiger partial charge in [0.25, 0.3) is 0 Å². The third-order valence-corrected chi connectivity index (χ3v) is 8.03. The van der Waals surface area contributed by atoms with Crippen molar-refractivity contribution in [2.24, 2.45) is 5.41 Å². The van der Waals surface area contributed by atoms with Crippen LogP contribution in [-0.2, 0) is 6.54 Å². The van der Waals surface area contributed by atoms with Crippen LogP contribution in [0.3, 0.4) is 0 Å². The van der Waals surface area contributed by atoms with Crippen molar-refractivity contribution in [3.8, 4) is 0 Å². The number of nitrogens with two attached hydrogens (primary N) is 2. The molecule has 0 aromatic carbocycles. The molecular formula is C13H24N6Sn. The molecule has 0 amide bonds. The SMILES string of the molecule is CC(C)(C)Cn1n[c]([Sn]([CH3])([CH3])[CH3])c2c(N)nc(N)nc21. The van der Waals surface area contributed by atoms with Gasteiger partial charge in [-0.15, -0.1) is 0 Å². The average molecular weight is 383 g/mol. The Labute approximate surface area is 123 Å². The second-order valence-electron chi connectivity index (χ2n) is 7.48. The van der Waals surface area contributed by atoms with E-state index in [1.807, 2.05) is 4.68 Å². The molecule has 0 fully saturated rings. The Bertz CT molecular complexity index is 647. The predicted octanol–water partition coefficient (Wildman–Crippen LogP) is 1.58. The Morgan fingerprint density at radius 2 is 1.70 bits per heavy atom. The van der Waals surface area contributed by atoms with Crippen molar-refractivity contribution in [3.63, 3.8) is 0 Å². The molecule has 0 atom stereocenters. The molecule has 2 aromatic heterocycles. The summed E-state index contributed by atoms with van der Waals surface area (Å²) in [6, 6.07) is 0. The van der Waals surface area contributed by atoms with Crippen molar-refractivity contribution in [2.75, 3.05) is 11.5 Å². The Hall–Kier alpha value is -1.05. The third kappa shape index (κ3) is 2.99. The van der Waals surface area contributed by atoms with Crippen molar-refractivity contribution < 1.29 is 0 Å². The molecule has 110 valence electrons. The molecule has 0 bridgehead atoms. The van der Waals surface area contributed by atoms with Crippen molar-refractivity contribution in [1.29, 1.82) is 0 Å². The fourth-order valence-electron chi connectivity index (χ4n) is 2.20. The van der Waals surface area contributed by atoms with Gasteiger partial charge < -0.3 is 0 Å². The summed E-state index contributed by atoms with van der Waals surface area (Å²) in [5.74, 6) is 0.662. The fourth-order valence-corrected chi connectivity index (χ4v) is 6.23. The van der Waals surface area contributed by atoms with Crippen LogP contribution < -0.4 is 15.2 Å². The van der Waals surface area contributed by atoms with E-state index < -0.39 is 18.4 Å². The summed E-state index contributed by atoms with van der Waals surface area (Å²) in [6.45, 7) is 7.30. The molecular weight excluding hydrogens is 359 g/mol. The van der Waals surface area contributed by atoms with Crippen molar-refractivity contribution in [2.45, 2.75) is 42.1 Å². The molecule has 4 N–H and O–H groups in total. The third-order valence-electron chi connectivity index (χ3n) is 2.97. The van der Waals surface area contributed by atoms with Crippen molar-refractivity contribution >= 4 is 44.9 Å². The number of nitrogens with zero attached hydrogens (tertiary/aromatic N) is 4. The zero-order valence-electron chi connectivity index (χ0n) is 13.2. The standard InChI is InChI=1S/C10H15N6.3CH3.Sn/c1-10(2,3)5-16-8-6(4-13-16)7(11)14-9(12)15-8;;;;/h5H2,1-3H3,(H4,11,12,14,15);3*1H3;. The van der Waals surface area contributed by atoms with Crippen molar-refractivity contribution in [1.82, 2.24) is 19.7 Å². The summed E-state index contributed by atoms with van der Waals surface area (Å²) in [5, 5.41) is 5.73. The molecule has 0 unspecified atom stereocenters. The number of nitrogen functional groups attached to an aromatic ring is 2. The summed E-state index contributed by atoms with van der Waals surface area (Å²) < 4.78 is 3.07. The van der Waals surface area contributed by atoms with E-state index in [4.69, 9.17) is 16.6 Å². The van der Waals surface area contributed by atoms with Gasteiger partial charge in [-0.1, -0.05) is 0 Å². The first kappa shape index (κ1) is 15.3. The molecule has 20 heavy (non-hydrogen) atoms. The van der Waals surface area contributed by atoms with Gasteiger partial charge in [-0.25, -0.2) is 0 Å².